The molecular formula is C16H15N3OS2. The van der Waals surface area contributed by atoms with Gasteiger partial charge in [-0.2, -0.15) is 0 Å². The Balaban J connectivity index is 2.03. The second-order valence-corrected chi connectivity index (χ2v) is 5.85. The maximum absolute atomic E-state index is 12.1. The Bertz CT molecular complexity index is 733. The zero-order chi connectivity index (χ0) is 15.9. The van der Waals surface area contributed by atoms with Crippen LogP contribution in [0.25, 0.3) is 6.08 Å². The van der Waals surface area contributed by atoms with E-state index in [4.69, 9.17) is 18.0 Å². The number of anilines is 1. The molecule has 0 atom stereocenters. The van der Waals surface area contributed by atoms with Crippen LogP contribution in [-0.2, 0) is 0 Å². The Labute approximate surface area is 138 Å². The smallest absolute Gasteiger partial charge is 0.197 e. The van der Waals surface area contributed by atoms with Crippen molar-refractivity contribution in [3.05, 3.63) is 64.7 Å². The van der Waals surface area contributed by atoms with E-state index in [9.17, 15) is 4.79 Å². The number of thiazole rings is 1. The fraction of sp³-hybridized carbons (Fsp3) is 0.0625. The highest BCUT2D eigenvalue weighted by molar-refractivity contribution is 7.80. The number of nitrogens with two attached hydrogens (primary N) is 1. The van der Waals surface area contributed by atoms with Gasteiger partial charge in [-0.15, -0.1) is 0 Å². The van der Waals surface area contributed by atoms with Crippen LogP contribution in [0, 0.1) is 6.92 Å². The van der Waals surface area contributed by atoms with E-state index >= 15 is 0 Å². The van der Waals surface area contributed by atoms with Crippen molar-refractivity contribution >= 4 is 45.7 Å². The Hall–Kier alpha value is -2.31. The summed E-state index contributed by atoms with van der Waals surface area (Å²) >= 11 is 5.99. The van der Waals surface area contributed by atoms with E-state index in [2.05, 4.69) is 10.3 Å². The number of nitrogens with one attached hydrogen (secondary N) is 1. The van der Waals surface area contributed by atoms with Crippen LogP contribution in [0.15, 0.2) is 48.6 Å². The predicted molar refractivity (Wildman–Crippen MR) is 96.2 cm³/mol. The molecule has 112 valence electrons. The van der Waals surface area contributed by atoms with Crippen molar-refractivity contribution in [2.24, 2.45) is 5.73 Å². The number of benzene rings is 1. The number of carbonyl (C=O) groups is 1. The molecule has 0 saturated heterocycles. The molecule has 4 nitrogen and oxygen atoms in total. The Morgan fingerprint density at radius 3 is 2.73 bits per heavy atom. The number of ketones is 1. The van der Waals surface area contributed by atoms with Crippen molar-refractivity contribution in [3.8, 4) is 0 Å². The second-order valence-electron chi connectivity index (χ2n) is 4.42. The van der Waals surface area contributed by atoms with Gasteiger partial charge in [-0.1, -0.05) is 59.9 Å². The molecule has 0 aliphatic rings. The Morgan fingerprint density at radius 2 is 2.05 bits per heavy atom. The van der Waals surface area contributed by atoms with Crippen molar-refractivity contribution < 1.29 is 4.79 Å². The number of allylic oxidation sites excluding steroid dienone is 3. The summed E-state index contributed by atoms with van der Waals surface area (Å²) in [5.41, 5.74) is 7.13. The summed E-state index contributed by atoms with van der Waals surface area (Å²) in [5, 5.41) is 3.40. The van der Waals surface area contributed by atoms with E-state index in [1.54, 1.807) is 13.0 Å². The molecule has 1 aromatic carbocycles. The van der Waals surface area contributed by atoms with E-state index in [0.717, 1.165) is 5.56 Å². The maximum Gasteiger partial charge on any atom is 0.197 e. The van der Waals surface area contributed by atoms with Gasteiger partial charge in [0.15, 0.2) is 16.0 Å². The van der Waals surface area contributed by atoms with Crippen LogP contribution in [0.3, 0.4) is 0 Å². The van der Waals surface area contributed by atoms with Crippen molar-refractivity contribution in [1.29, 1.82) is 0 Å². The summed E-state index contributed by atoms with van der Waals surface area (Å²) in [4.78, 5) is 16.9. The average Bonchev–Trinajstić information content (AvgIpc) is 2.84. The van der Waals surface area contributed by atoms with Crippen molar-refractivity contribution in [2.45, 2.75) is 6.92 Å². The first kappa shape index (κ1) is 16.1. The second kappa shape index (κ2) is 7.63. The molecular weight excluding hydrogens is 314 g/mol. The Morgan fingerprint density at radius 1 is 1.32 bits per heavy atom. The molecule has 0 bridgehead atoms. The number of carbonyl (C=O) groups excluding carboxylic acids is 1. The first-order valence-electron chi connectivity index (χ1n) is 6.54. The number of aromatic nitrogens is 1. The van der Waals surface area contributed by atoms with Crippen LogP contribution in [0.1, 0.15) is 20.9 Å². The van der Waals surface area contributed by atoms with Crippen molar-refractivity contribution in [3.63, 3.8) is 0 Å². The van der Waals surface area contributed by atoms with E-state index in [1.165, 1.54) is 17.4 Å². The fourth-order valence-electron chi connectivity index (χ4n) is 1.73. The lowest BCUT2D eigenvalue weighted by Crippen LogP contribution is -2.18. The summed E-state index contributed by atoms with van der Waals surface area (Å²) in [7, 11) is 0. The lowest BCUT2D eigenvalue weighted by atomic mass is 10.2. The zero-order valence-corrected chi connectivity index (χ0v) is 13.6. The van der Waals surface area contributed by atoms with Gasteiger partial charge < -0.3 is 11.1 Å². The largest absolute Gasteiger partial charge is 0.376 e. The molecule has 0 fully saturated rings. The number of nitrogens with zero attached hydrogens (tertiary/aromatic N) is 1. The molecule has 1 heterocycles. The lowest BCUT2D eigenvalue weighted by molar-refractivity contribution is 0.105. The average molecular weight is 329 g/mol. The van der Waals surface area contributed by atoms with Crippen LogP contribution in [0.4, 0.5) is 5.13 Å². The normalized spacial score (nSPS) is 11.1. The van der Waals surface area contributed by atoms with Gasteiger partial charge in [0.25, 0.3) is 0 Å². The number of hydrogen-bond donors (Lipinski definition) is 2. The van der Waals surface area contributed by atoms with Gasteiger partial charge in [0.1, 0.15) is 0 Å². The monoisotopic (exact) mass is 329 g/mol. The SMILES string of the molecule is Cc1nc(NC(N)=S)sc1C(=O)/C=C/C=C/c1ccccc1. The van der Waals surface area contributed by atoms with Crippen LogP contribution >= 0.6 is 23.6 Å². The maximum atomic E-state index is 12.1. The number of hydrogen-bond acceptors (Lipinski definition) is 4. The van der Waals surface area contributed by atoms with Gasteiger partial charge >= 0.3 is 0 Å². The molecule has 0 amide bonds. The third kappa shape index (κ3) is 4.61. The molecule has 0 radical (unpaired) electrons. The summed E-state index contributed by atoms with van der Waals surface area (Å²) in [6.07, 6.45) is 7.00. The van der Waals surface area contributed by atoms with E-state index < -0.39 is 0 Å². The molecule has 1 aromatic heterocycles. The third-order valence-electron chi connectivity index (χ3n) is 2.70. The zero-order valence-electron chi connectivity index (χ0n) is 11.9. The van der Waals surface area contributed by atoms with Crippen LogP contribution in [0.2, 0.25) is 0 Å². The van der Waals surface area contributed by atoms with Gasteiger partial charge in [-0.25, -0.2) is 4.98 Å². The fourth-order valence-corrected chi connectivity index (χ4v) is 2.79. The summed E-state index contributed by atoms with van der Waals surface area (Å²) < 4.78 is 0. The van der Waals surface area contributed by atoms with Crippen molar-refractivity contribution in [2.75, 3.05) is 5.32 Å². The molecule has 22 heavy (non-hydrogen) atoms. The third-order valence-corrected chi connectivity index (χ3v) is 3.89. The number of aryl methyl sites for hydroxylation is 1. The highest BCUT2D eigenvalue weighted by atomic mass is 32.1. The number of rotatable bonds is 5. The standard InChI is InChI=1S/C16H15N3OS2/c1-11-14(22-16(18-11)19-15(17)21)13(20)10-6-5-9-12-7-3-2-4-8-12/h2-10H,1H3,(H3,17,18,19,21)/b9-5+,10-6+. The first-order valence-corrected chi connectivity index (χ1v) is 7.77. The van der Waals surface area contributed by atoms with Crippen molar-refractivity contribution in [1.82, 2.24) is 4.98 Å². The number of thiocarbonyl (C=S) groups is 1. The predicted octanol–water partition coefficient (Wildman–Crippen LogP) is 3.56. The topological polar surface area (TPSA) is 68.0 Å². The molecule has 2 aromatic rings. The lowest BCUT2D eigenvalue weighted by Gasteiger charge is -1.94. The molecule has 2 rings (SSSR count). The summed E-state index contributed by atoms with van der Waals surface area (Å²) in [5.74, 6) is -0.0938. The quantitative estimate of drug-likeness (QED) is 0.380. The van der Waals surface area contributed by atoms with Gasteiger partial charge in [-0.3, -0.25) is 4.79 Å². The van der Waals surface area contributed by atoms with Gasteiger partial charge in [0.2, 0.25) is 0 Å². The molecule has 3 N–H and O–H groups in total. The highest BCUT2D eigenvalue weighted by Gasteiger charge is 2.12. The van der Waals surface area contributed by atoms with Gasteiger partial charge in [0.05, 0.1) is 10.6 Å². The van der Waals surface area contributed by atoms with E-state index in [0.29, 0.717) is 15.7 Å². The molecule has 0 unspecified atom stereocenters. The summed E-state index contributed by atoms with van der Waals surface area (Å²) in [6.45, 7) is 1.78. The highest BCUT2D eigenvalue weighted by Crippen LogP contribution is 2.23. The minimum atomic E-state index is -0.0938. The molecule has 0 aliphatic heterocycles. The van der Waals surface area contributed by atoms with Gasteiger partial charge in [0, 0.05) is 0 Å². The van der Waals surface area contributed by atoms with E-state index in [-0.39, 0.29) is 10.9 Å². The Kier molecular flexibility index (Phi) is 5.57. The molecule has 6 heteroatoms. The summed E-state index contributed by atoms with van der Waals surface area (Å²) in [6, 6.07) is 9.87. The first-order chi connectivity index (χ1) is 10.6. The van der Waals surface area contributed by atoms with Crippen LogP contribution in [-0.4, -0.2) is 15.9 Å². The van der Waals surface area contributed by atoms with E-state index in [1.807, 2.05) is 42.5 Å². The van der Waals surface area contributed by atoms with Crippen LogP contribution in [0.5, 0.6) is 0 Å². The molecule has 0 saturated carbocycles. The van der Waals surface area contributed by atoms with Crippen LogP contribution < -0.4 is 11.1 Å². The minimum Gasteiger partial charge on any atom is -0.376 e. The minimum absolute atomic E-state index is 0.0938. The molecule has 0 aliphatic carbocycles. The van der Waals surface area contributed by atoms with Gasteiger partial charge in [-0.05, 0) is 30.8 Å². The molecule has 0 spiro atoms.